The third-order valence-corrected chi connectivity index (χ3v) is 5.94. The second-order valence-corrected chi connectivity index (χ2v) is 7.82. The second kappa shape index (κ2) is 6.75. The molecule has 0 fully saturated rings. The number of terminal acetylenes is 1. The summed E-state index contributed by atoms with van der Waals surface area (Å²) in [6.45, 7) is 3.36. The van der Waals surface area contributed by atoms with Gasteiger partial charge in [-0.25, -0.2) is 0 Å². The smallest absolute Gasteiger partial charge is 0.0649 e. The highest BCUT2D eigenvalue weighted by atomic mass is 32.2. The van der Waals surface area contributed by atoms with Gasteiger partial charge in [0.05, 0.1) is 9.96 Å². The van der Waals surface area contributed by atoms with Gasteiger partial charge in [-0.2, -0.15) is 0 Å². The molecule has 1 aliphatic heterocycles. The van der Waals surface area contributed by atoms with Gasteiger partial charge in [-0.05, 0) is 23.4 Å². The number of fused-ring (bicyclic) bond motifs is 1. The molecule has 1 nitrogen and oxygen atoms in total. The van der Waals surface area contributed by atoms with Gasteiger partial charge < -0.3 is 5.32 Å². The van der Waals surface area contributed by atoms with E-state index in [9.17, 15) is 0 Å². The highest BCUT2D eigenvalue weighted by Gasteiger charge is 2.25. The SMILES string of the molecule is C#CCSCCNC1C[C@H](C)Sc2sccc21. The zero-order valence-corrected chi connectivity index (χ0v) is 12.4. The van der Waals surface area contributed by atoms with Crippen molar-refractivity contribution in [2.75, 3.05) is 18.1 Å². The Balaban J connectivity index is 1.84. The van der Waals surface area contributed by atoms with Crippen LogP contribution in [0, 0.1) is 12.3 Å². The van der Waals surface area contributed by atoms with Crippen LogP contribution >= 0.6 is 34.9 Å². The number of thioether (sulfide) groups is 2. The largest absolute Gasteiger partial charge is 0.309 e. The zero-order chi connectivity index (χ0) is 12.1. The summed E-state index contributed by atoms with van der Waals surface area (Å²) in [4.78, 5) is 0. The molecule has 2 atom stereocenters. The highest BCUT2D eigenvalue weighted by Crippen LogP contribution is 2.43. The Labute approximate surface area is 116 Å². The summed E-state index contributed by atoms with van der Waals surface area (Å²) in [5, 5.41) is 6.58. The van der Waals surface area contributed by atoms with Crippen LogP contribution in [0.1, 0.15) is 24.9 Å². The van der Waals surface area contributed by atoms with Gasteiger partial charge in [0.1, 0.15) is 0 Å². The van der Waals surface area contributed by atoms with Gasteiger partial charge in [-0.3, -0.25) is 0 Å². The first-order valence-corrected chi connectivity index (χ1v) is 8.71. The molecule has 0 aliphatic carbocycles. The molecule has 0 spiro atoms. The van der Waals surface area contributed by atoms with E-state index in [0.717, 1.165) is 23.3 Å². The van der Waals surface area contributed by atoms with E-state index in [-0.39, 0.29) is 0 Å². The van der Waals surface area contributed by atoms with Crippen molar-refractivity contribution >= 4 is 34.9 Å². The van der Waals surface area contributed by atoms with Crippen molar-refractivity contribution < 1.29 is 0 Å². The molecule has 4 heteroatoms. The summed E-state index contributed by atoms with van der Waals surface area (Å²) in [6.07, 6.45) is 6.46. The van der Waals surface area contributed by atoms with Crippen LogP contribution in [-0.2, 0) is 0 Å². The molecule has 0 saturated carbocycles. The van der Waals surface area contributed by atoms with E-state index >= 15 is 0 Å². The normalized spacial score (nSPS) is 23.1. The van der Waals surface area contributed by atoms with Crippen molar-refractivity contribution in [3.63, 3.8) is 0 Å². The standard InChI is InChI=1S/C13H17NS3/c1-3-6-15-8-5-14-12-9-10(2)17-13-11(12)4-7-16-13/h1,4,7,10,12,14H,5-6,8-9H2,2H3/t10-,12?/m0/s1. The van der Waals surface area contributed by atoms with Crippen molar-refractivity contribution in [1.82, 2.24) is 5.32 Å². The number of thiophene rings is 1. The van der Waals surface area contributed by atoms with E-state index < -0.39 is 0 Å². The summed E-state index contributed by atoms with van der Waals surface area (Å²) in [5.74, 6) is 4.58. The Morgan fingerprint density at radius 3 is 3.35 bits per heavy atom. The van der Waals surface area contributed by atoms with Crippen molar-refractivity contribution in [2.24, 2.45) is 0 Å². The predicted octanol–water partition coefficient (Wildman–Crippen LogP) is 3.63. The molecule has 0 saturated heterocycles. The Morgan fingerprint density at radius 2 is 2.53 bits per heavy atom. The van der Waals surface area contributed by atoms with Gasteiger partial charge in [0, 0.05) is 23.6 Å². The van der Waals surface area contributed by atoms with Crippen molar-refractivity contribution in [1.29, 1.82) is 0 Å². The molecule has 0 amide bonds. The zero-order valence-electron chi connectivity index (χ0n) is 9.94. The molecule has 0 bridgehead atoms. The van der Waals surface area contributed by atoms with Crippen molar-refractivity contribution in [3.8, 4) is 12.3 Å². The first kappa shape index (κ1) is 13.4. The first-order chi connectivity index (χ1) is 8.31. The van der Waals surface area contributed by atoms with Crippen LogP contribution in [0.4, 0.5) is 0 Å². The molecule has 1 aliphatic rings. The molecule has 0 aromatic carbocycles. The van der Waals surface area contributed by atoms with Gasteiger partial charge in [0.2, 0.25) is 0 Å². The molecule has 1 N–H and O–H groups in total. The van der Waals surface area contributed by atoms with Gasteiger partial charge in [0.15, 0.2) is 0 Å². The fourth-order valence-corrected chi connectivity index (χ4v) is 5.07. The number of hydrogen-bond donors (Lipinski definition) is 1. The van der Waals surface area contributed by atoms with E-state index in [4.69, 9.17) is 6.42 Å². The van der Waals surface area contributed by atoms with Crippen LogP contribution in [0.15, 0.2) is 15.7 Å². The van der Waals surface area contributed by atoms with Crippen molar-refractivity contribution in [2.45, 2.75) is 28.8 Å². The second-order valence-electron chi connectivity index (χ2n) is 4.09. The summed E-state index contributed by atoms with van der Waals surface area (Å²) < 4.78 is 1.50. The molecule has 0 radical (unpaired) electrons. The molecule has 92 valence electrons. The highest BCUT2D eigenvalue weighted by molar-refractivity contribution is 8.01. The molecule has 1 aromatic rings. The molecular formula is C13H17NS3. The monoisotopic (exact) mass is 283 g/mol. The third kappa shape index (κ3) is 3.69. The Kier molecular flexibility index (Phi) is 5.30. The maximum Gasteiger partial charge on any atom is 0.0649 e. The average Bonchev–Trinajstić information content (AvgIpc) is 2.76. The number of hydrogen-bond acceptors (Lipinski definition) is 4. The maximum atomic E-state index is 5.23. The van der Waals surface area contributed by atoms with Crippen LogP contribution in [0.25, 0.3) is 0 Å². The van der Waals surface area contributed by atoms with Gasteiger partial charge in [-0.1, -0.05) is 12.8 Å². The molecule has 2 rings (SSSR count). The van der Waals surface area contributed by atoms with Gasteiger partial charge in [-0.15, -0.1) is 41.3 Å². The molecule has 2 heterocycles. The summed E-state index contributed by atoms with van der Waals surface area (Å²) in [5.41, 5.74) is 1.50. The lowest BCUT2D eigenvalue weighted by atomic mass is 10.1. The summed E-state index contributed by atoms with van der Waals surface area (Å²) in [7, 11) is 0. The minimum atomic E-state index is 0.541. The molecule has 17 heavy (non-hydrogen) atoms. The van der Waals surface area contributed by atoms with E-state index in [1.807, 2.05) is 34.9 Å². The molecule has 1 aromatic heterocycles. The van der Waals surface area contributed by atoms with Gasteiger partial charge >= 0.3 is 0 Å². The number of rotatable bonds is 5. The van der Waals surface area contributed by atoms with Crippen LogP contribution in [0.2, 0.25) is 0 Å². The predicted molar refractivity (Wildman–Crippen MR) is 81.2 cm³/mol. The fraction of sp³-hybridized carbons (Fsp3) is 0.538. The lowest BCUT2D eigenvalue weighted by Gasteiger charge is -2.27. The van der Waals surface area contributed by atoms with E-state index in [0.29, 0.717) is 6.04 Å². The van der Waals surface area contributed by atoms with E-state index in [1.165, 1.54) is 16.2 Å². The fourth-order valence-electron chi connectivity index (χ4n) is 1.98. The Bertz CT molecular complexity index is 394. The minimum absolute atomic E-state index is 0.541. The van der Waals surface area contributed by atoms with Crippen LogP contribution < -0.4 is 5.32 Å². The topological polar surface area (TPSA) is 12.0 Å². The van der Waals surface area contributed by atoms with Gasteiger partial charge in [0.25, 0.3) is 0 Å². The van der Waals surface area contributed by atoms with Crippen LogP contribution in [-0.4, -0.2) is 23.3 Å². The third-order valence-electron chi connectivity index (χ3n) is 2.73. The van der Waals surface area contributed by atoms with Crippen LogP contribution in [0.5, 0.6) is 0 Å². The summed E-state index contributed by atoms with van der Waals surface area (Å²) >= 11 is 5.71. The quantitative estimate of drug-likeness (QED) is 0.654. The first-order valence-electron chi connectivity index (χ1n) is 5.80. The lowest BCUT2D eigenvalue weighted by molar-refractivity contribution is 0.505. The summed E-state index contributed by atoms with van der Waals surface area (Å²) in [6, 6.07) is 2.81. The average molecular weight is 283 g/mol. The molecular weight excluding hydrogens is 266 g/mol. The van der Waals surface area contributed by atoms with Crippen LogP contribution in [0.3, 0.4) is 0 Å². The Morgan fingerprint density at radius 1 is 1.65 bits per heavy atom. The van der Waals surface area contributed by atoms with Crippen molar-refractivity contribution in [3.05, 3.63) is 17.0 Å². The van der Waals surface area contributed by atoms with E-state index in [2.05, 4.69) is 29.6 Å². The van der Waals surface area contributed by atoms with E-state index in [1.54, 1.807) is 0 Å². The minimum Gasteiger partial charge on any atom is -0.309 e. The number of nitrogens with one attached hydrogen (secondary N) is 1. The molecule has 1 unspecified atom stereocenters. The lowest BCUT2D eigenvalue weighted by Crippen LogP contribution is -2.28. The maximum absolute atomic E-state index is 5.23. The Hall–Kier alpha value is -0.0800.